The van der Waals surface area contributed by atoms with Crippen LogP contribution in [0.3, 0.4) is 0 Å². The van der Waals surface area contributed by atoms with Crippen LogP contribution >= 0.6 is 15.9 Å². The highest BCUT2D eigenvalue weighted by Crippen LogP contribution is 2.36. The number of methoxy groups -OCH3 is 1. The molecular formula is C10H9BrF2O3. The monoisotopic (exact) mass is 294 g/mol. The number of aliphatic hydroxyl groups is 1. The maximum Gasteiger partial charge on any atom is 0.337 e. The third kappa shape index (κ3) is 2.99. The molecule has 1 atom stereocenters. The van der Waals surface area contributed by atoms with Gasteiger partial charge in [-0.1, -0.05) is 12.1 Å². The first kappa shape index (κ1) is 13.1. The fourth-order valence-electron chi connectivity index (χ4n) is 1.11. The van der Waals surface area contributed by atoms with Crippen molar-refractivity contribution in [3.05, 3.63) is 35.4 Å². The number of esters is 1. The third-order valence-corrected chi connectivity index (χ3v) is 2.39. The molecule has 0 saturated heterocycles. The van der Waals surface area contributed by atoms with Crippen LogP contribution in [0.5, 0.6) is 0 Å². The maximum atomic E-state index is 12.7. The Bertz CT molecular complexity index is 373. The van der Waals surface area contributed by atoms with Gasteiger partial charge in [0.05, 0.1) is 12.7 Å². The smallest absolute Gasteiger partial charge is 0.337 e. The Hall–Kier alpha value is -1.01. The van der Waals surface area contributed by atoms with Crippen LogP contribution in [0.4, 0.5) is 8.78 Å². The van der Waals surface area contributed by atoms with Crippen molar-refractivity contribution in [2.24, 2.45) is 0 Å². The summed E-state index contributed by atoms with van der Waals surface area (Å²) in [5, 5.41) is 9.23. The largest absolute Gasteiger partial charge is 0.465 e. The molecule has 0 aliphatic carbocycles. The van der Waals surface area contributed by atoms with E-state index in [9.17, 15) is 18.7 Å². The minimum absolute atomic E-state index is 0.00882. The molecule has 0 spiro atoms. The number of carbonyl (C=O) groups is 1. The van der Waals surface area contributed by atoms with Gasteiger partial charge in [0.25, 0.3) is 0 Å². The van der Waals surface area contributed by atoms with Gasteiger partial charge in [-0.15, -0.1) is 0 Å². The Kier molecular flexibility index (Phi) is 3.98. The Balaban J connectivity index is 2.91. The standard InChI is InChI=1S/C10H9BrF2O3/c1-16-9(15)7-4-2-6(3-5-7)8(14)10(11,12)13/h2-5,8,14H,1H3. The molecule has 16 heavy (non-hydrogen) atoms. The number of ether oxygens (including phenoxy) is 1. The molecule has 0 amide bonds. The number of aliphatic hydroxyl groups excluding tert-OH is 1. The summed E-state index contributed by atoms with van der Waals surface area (Å²) in [5.74, 6) is -0.563. The van der Waals surface area contributed by atoms with E-state index in [2.05, 4.69) is 20.7 Å². The van der Waals surface area contributed by atoms with Gasteiger partial charge in [0, 0.05) is 0 Å². The Morgan fingerprint density at radius 3 is 2.31 bits per heavy atom. The molecule has 0 aliphatic heterocycles. The summed E-state index contributed by atoms with van der Waals surface area (Å²) in [6.07, 6.45) is -1.96. The summed E-state index contributed by atoms with van der Waals surface area (Å²) in [6.45, 7) is 0. The van der Waals surface area contributed by atoms with Crippen LogP contribution in [0.25, 0.3) is 0 Å². The Morgan fingerprint density at radius 1 is 1.44 bits per heavy atom. The summed E-state index contributed by atoms with van der Waals surface area (Å²) < 4.78 is 29.8. The van der Waals surface area contributed by atoms with Crippen molar-refractivity contribution < 1.29 is 23.4 Å². The van der Waals surface area contributed by atoms with Crippen molar-refractivity contribution in [2.45, 2.75) is 10.9 Å². The van der Waals surface area contributed by atoms with Gasteiger partial charge < -0.3 is 9.84 Å². The topological polar surface area (TPSA) is 46.5 Å². The lowest BCUT2D eigenvalue weighted by Crippen LogP contribution is -2.18. The SMILES string of the molecule is COC(=O)c1ccc(C(O)C(F)(F)Br)cc1. The highest BCUT2D eigenvalue weighted by atomic mass is 79.9. The lowest BCUT2D eigenvalue weighted by molar-refractivity contribution is -0.0294. The number of rotatable bonds is 3. The van der Waals surface area contributed by atoms with E-state index in [1.807, 2.05) is 0 Å². The normalized spacial score (nSPS) is 13.3. The third-order valence-electron chi connectivity index (χ3n) is 1.96. The number of carbonyl (C=O) groups excluding carboxylic acids is 1. The summed E-state index contributed by atoms with van der Waals surface area (Å²) in [5.41, 5.74) is 0.242. The number of halogens is 3. The van der Waals surface area contributed by atoms with Crippen LogP contribution in [0.15, 0.2) is 24.3 Å². The van der Waals surface area contributed by atoms with Gasteiger partial charge in [0.15, 0.2) is 6.10 Å². The molecule has 88 valence electrons. The summed E-state index contributed by atoms with van der Waals surface area (Å²) in [7, 11) is 1.22. The van der Waals surface area contributed by atoms with Gasteiger partial charge in [-0.2, -0.15) is 8.78 Å². The molecule has 6 heteroatoms. The molecule has 1 N–H and O–H groups in total. The molecule has 0 fully saturated rings. The number of hydrogen-bond acceptors (Lipinski definition) is 3. The molecular weight excluding hydrogens is 286 g/mol. The molecule has 0 aromatic heterocycles. The predicted molar refractivity (Wildman–Crippen MR) is 56.6 cm³/mol. The van der Waals surface area contributed by atoms with Crippen LogP contribution in [-0.2, 0) is 4.74 Å². The van der Waals surface area contributed by atoms with Gasteiger partial charge in [-0.05, 0) is 33.6 Å². The fourth-order valence-corrected chi connectivity index (χ4v) is 1.37. The van der Waals surface area contributed by atoms with E-state index >= 15 is 0 Å². The first-order valence-corrected chi connectivity index (χ1v) is 5.08. The second-order valence-corrected chi connectivity index (χ2v) is 4.12. The van der Waals surface area contributed by atoms with Gasteiger partial charge in [-0.3, -0.25) is 0 Å². The molecule has 0 bridgehead atoms. The first-order valence-electron chi connectivity index (χ1n) is 4.29. The van der Waals surface area contributed by atoms with E-state index < -0.39 is 16.9 Å². The minimum Gasteiger partial charge on any atom is -0.465 e. The molecule has 1 aromatic carbocycles. The molecule has 0 heterocycles. The van der Waals surface area contributed by atoms with Crippen LogP contribution in [0, 0.1) is 0 Å². The zero-order chi connectivity index (χ0) is 12.3. The minimum atomic E-state index is -3.40. The van der Waals surface area contributed by atoms with Crippen molar-refractivity contribution in [1.29, 1.82) is 0 Å². The van der Waals surface area contributed by atoms with E-state index in [-0.39, 0.29) is 11.1 Å². The van der Waals surface area contributed by atoms with Crippen LogP contribution < -0.4 is 0 Å². The van der Waals surface area contributed by atoms with E-state index in [1.165, 1.54) is 31.4 Å². The van der Waals surface area contributed by atoms with Crippen molar-refractivity contribution >= 4 is 21.9 Å². The average molecular weight is 295 g/mol. The first-order chi connectivity index (χ1) is 7.36. The lowest BCUT2D eigenvalue weighted by Gasteiger charge is -2.16. The lowest BCUT2D eigenvalue weighted by atomic mass is 10.1. The van der Waals surface area contributed by atoms with Crippen molar-refractivity contribution in [1.82, 2.24) is 0 Å². The number of hydrogen-bond donors (Lipinski definition) is 1. The summed E-state index contributed by atoms with van der Waals surface area (Å²) in [4.78, 5) is 7.65. The van der Waals surface area contributed by atoms with Crippen LogP contribution in [-0.4, -0.2) is 23.0 Å². The average Bonchev–Trinajstić information content (AvgIpc) is 2.26. The molecule has 1 aromatic rings. The van der Waals surface area contributed by atoms with Gasteiger partial charge >= 0.3 is 10.8 Å². The molecule has 0 radical (unpaired) electrons. The van der Waals surface area contributed by atoms with E-state index in [1.54, 1.807) is 0 Å². The summed E-state index contributed by atoms with van der Waals surface area (Å²) >= 11 is 2.07. The van der Waals surface area contributed by atoms with Crippen LogP contribution in [0.1, 0.15) is 22.0 Å². The fraction of sp³-hybridized carbons (Fsp3) is 0.300. The van der Waals surface area contributed by atoms with Gasteiger partial charge in [0.2, 0.25) is 0 Å². The van der Waals surface area contributed by atoms with Gasteiger partial charge in [-0.25, -0.2) is 4.79 Å². The summed E-state index contributed by atoms with van der Waals surface area (Å²) in [6, 6.07) is 5.10. The maximum absolute atomic E-state index is 12.7. The number of alkyl halides is 3. The Morgan fingerprint density at radius 2 is 1.94 bits per heavy atom. The van der Waals surface area contributed by atoms with Crippen molar-refractivity contribution in [3.63, 3.8) is 0 Å². The van der Waals surface area contributed by atoms with E-state index in [0.717, 1.165) is 0 Å². The molecule has 1 unspecified atom stereocenters. The number of benzene rings is 1. The zero-order valence-electron chi connectivity index (χ0n) is 8.28. The van der Waals surface area contributed by atoms with Gasteiger partial charge in [0.1, 0.15) is 0 Å². The second-order valence-electron chi connectivity index (χ2n) is 3.06. The van der Waals surface area contributed by atoms with Crippen molar-refractivity contribution in [3.8, 4) is 0 Å². The highest BCUT2D eigenvalue weighted by Gasteiger charge is 2.36. The predicted octanol–water partition coefficient (Wildman–Crippen LogP) is 2.49. The molecule has 1 rings (SSSR count). The highest BCUT2D eigenvalue weighted by molar-refractivity contribution is 9.10. The quantitative estimate of drug-likeness (QED) is 0.688. The van der Waals surface area contributed by atoms with E-state index in [0.29, 0.717) is 0 Å². The molecule has 0 aliphatic rings. The zero-order valence-corrected chi connectivity index (χ0v) is 9.87. The molecule has 0 saturated carbocycles. The second kappa shape index (κ2) is 4.88. The van der Waals surface area contributed by atoms with Crippen molar-refractivity contribution in [2.75, 3.05) is 7.11 Å². The van der Waals surface area contributed by atoms with E-state index in [4.69, 9.17) is 0 Å². The van der Waals surface area contributed by atoms with Crippen LogP contribution in [0.2, 0.25) is 0 Å². The Labute approximate surface area is 99.2 Å². The molecule has 3 nitrogen and oxygen atoms in total.